The molecule has 0 amide bonds. The van der Waals surface area contributed by atoms with E-state index in [1.54, 1.807) is 6.26 Å². The zero-order chi connectivity index (χ0) is 17.2. The van der Waals surface area contributed by atoms with Crippen molar-refractivity contribution in [2.45, 2.75) is 18.5 Å². The van der Waals surface area contributed by atoms with E-state index in [2.05, 4.69) is 34.1 Å². The number of benzene rings is 2. The molecule has 1 aliphatic rings. The van der Waals surface area contributed by atoms with E-state index in [9.17, 15) is 0 Å². The van der Waals surface area contributed by atoms with Crippen LogP contribution in [0.3, 0.4) is 0 Å². The number of aromatic nitrogens is 1. The Balaban J connectivity index is 0.00000196. The lowest BCUT2D eigenvalue weighted by molar-refractivity contribution is 0.319. The van der Waals surface area contributed by atoms with Crippen molar-refractivity contribution in [1.82, 2.24) is 9.88 Å². The second-order valence-corrected chi connectivity index (χ2v) is 6.96. The predicted molar refractivity (Wildman–Crippen MR) is 107 cm³/mol. The first-order chi connectivity index (χ1) is 12.2. The standard InChI is InChI=1S/C20H20ClN3O.ClH/c21-16-8-6-15(7-9-16)20-23-17(13-25-20)10-24-11-18(19(22)12-24)14-4-2-1-3-5-14;/h1-9,13,18-19H,10-12,22H2;1H/t18-,19+;/m0./s1. The summed E-state index contributed by atoms with van der Waals surface area (Å²) in [5.74, 6) is 0.985. The molecule has 1 fully saturated rings. The van der Waals surface area contributed by atoms with Gasteiger partial charge in [-0.05, 0) is 29.8 Å². The summed E-state index contributed by atoms with van der Waals surface area (Å²) in [7, 11) is 0. The van der Waals surface area contributed by atoms with Crippen molar-refractivity contribution in [2.24, 2.45) is 5.73 Å². The van der Waals surface area contributed by atoms with Crippen LogP contribution in [0.25, 0.3) is 11.5 Å². The molecular weight excluding hydrogens is 369 g/mol. The first-order valence-corrected chi connectivity index (χ1v) is 8.80. The molecule has 2 heterocycles. The van der Waals surface area contributed by atoms with E-state index in [1.807, 2.05) is 30.3 Å². The summed E-state index contributed by atoms with van der Waals surface area (Å²) in [6, 6.07) is 18.1. The van der Waals surface area contributed by atoms with Gasteiger partial charge < -0.3 is 10.2 Å². The van der Waals surface area contributed by atoms with Gasteiger partial charge in [0.15, 0.2) is 0 Å². The Hall–Kier alpha value is -1.85. The van der Waals surface area contributed by atoms with Gasteiger partial charge in [0.05, 0.1) is 5.69 Å². The van der Waals surface area contributed by atoms with Crippen LogP contribution in [-0.2, 0) is 6.54 Å². The molecule has 136 valence electrons. The van der Waals surface area contributed by atoms with Crippen LogP contribution in [0.2, 0.25) is 5.02 Å². The topological polar surface area (TPSA) is 55.3 Å². The molecule has 1 aromatic heterocycles. The summed E-state index contributed by atoms with van der Waals surface area (Å²) in [5, 5.41) is 0.702. The number of likely N-dealkylation sites (tertiary alicyclic amines) is 1. The zero-order valence-electron chi connectivity index (χ0n) is 14.2. The quantitative estimate of drug-likeness (QED) is 0.720. The van der Waals surface area contributed by atoms with E-state index in [0.717, 1.165) is 30.9 Å². The van der Waals surface area contributed by atoms with Gasteiger partial charge in [-0.25, -0.2) is 4.98 Å². The SMILES string of the molecule is Cl.N[C@@H]1CN(Cc2coc(-c3ccc(Cl)cc3)n2)C[C@H]1c1ccccc1. The van der Waals surface area contributed by atoms with Crippen molar-refractivity contribution in [2.75, 3.05) is 13.1 Å². The van der Waals surface area contributed by atoms with Crippen LogP contribution in [0.5, 0.6) is 0 Å². The number of oxazole rings is 1. The molecule has 0 aliphatic carbocycles. The van der Waals surface area contributed by atoms with Crippen LogP contribution in [0.4, 0.5) is 0 Å². The monoisotopic (exact) mass is 389 g/mol. The van der Waals surface area contributed by atoms with Crippen molar-refractivity contribution in [3.05, 3.63) is 77.1 Å². The third kappa shape index (κ3) is 4.10. The maximum Gasteiger partial charge on any atom is 0.226 e. The largest absolute Gasteiger partial charge is 0.444 e. The smallest absolute Gasteiger partial charge is 0.226 e. The minimum absolute atomic E-state index is 0. The predicted octanol–water partition coefficient (Wildman–Crippen LogP) is 4.34. The maximum atomic E-state index is 6.37. The van der Waals surface area contributed by atoms with Crippen LogP contribution >= 0.6 is 24.0 Å². The molecule has 3 aromatic rings. The second-order valence-electron chi connectivity index (χ2n) is 6.53. The fraction of sp³-hybridized carbons (Fsp3) is 0.250. The number of hydrogen-bond donors (Lipinski definition) is 1. The highest BCUT2D eigenvalue weighted by Gasteiger charge is 2.31. The van der Waals surface area contributed by atoms with Gasteiger partial charge in [0.2, 0.25) is 5.89 Å². The molecule has 1 aliphatic heterocycles. The van der Waals surface area contributed by atoms with Crippen LogP contribution in [0.1, 0.15) is 17.2 Å². The summed E-state index contributed by atoms with van der Waals surface area (Å²) in [6.45, 7) is 2.55. The van der Waals surface area contributed by atoms with Crippen LogP contribution < -0.4 is 5.73 Å². The molecule has 2 aromatic carbocycles. The minimum atomic E-state index is 0. The summed E-state index contributed by atoms with van der Waals surface area (Å²) in [6.07, 6.45) is 1.73. The van der Waals surface area contributed by atoms with Gasteiger partial charge >= 0.3 is 0 Å². The van der Waals surface area contributed by atoms with Crippen molar-refractivity contribution in [3.8, 4) is 11.5 Å². The highest BCUT2D eigenvalue weighted by atomic mass is 35.5. The normalized spacial score (nSPS) is 20.1. The van der Waals surface area contributed by atoms with Gasteiger partial charge in [0.1, 0.15) is 6.26 Å². The Labute approximate surface area is 164 Å². The Morgan fingerprint density at radius 3 is 2.54 bits per heavy atom. The summed E-state index contributed by atoms with van der Waals surface area (Å²) < 4.78 is 5.63. The maximum absolute atomic E-state index is 6.37. The highest BCUT2D eigenvalue weighted by Crippen LogP contribution is 2.28. The van der Waals surface area contributed by atoms with Gasteiger partial charge in [-0.1, -0.05) is 41.9 Å². The molecule has 2 atom stereocenters. The molecule has 0 unspecified atom stereocenters. The molecule has 4 nitrogen and oxygen atoms in total. The number of nitrogens with zero attached hydrogens (tertiary/aromatic N) is 2. The highest BCUT2D eigenvalue weighted by molar-refractivity contribution is 6.30. The molecule has 1 saturated heterocycles. The van der Waals surface area contributed by atoms with Crippen molar-refractivity contribution in [3.63, 3.8) is 0 Å². The lowest BCUT2D eigenvalue weighted by Gasteiger charge is -2.14. The molecule has 0 radical (unpaired) electrons. The van der Waals surface area contributed by atoms with Gasteiger partial charge in [-0.2, -0.15) is 0 Å². The lowest BCUT2D eigenvalue weighted by Crippen LogP contribution is -2.28. The van der Waals surface area contributed by atoms with Crippen LogP contribution in [-0.4, -0.2) is 29.0 Å². The van der Waals surface area contributed by atoms with E-state index in [4.69, 9.17) is 21.8 Å². The van der Waals surface area contributed by atoms with Gasteiger partial charge in [-0.3, -0.25) is 4.90 Å². The Bertz CT molecular complexity index is 836. The molecular formula is C20H21Cl2N3O. The first-order valence-electron chi connectivity index (χ1n) is 8.42. The lowest BCUT2D eigenvalue weighted by atomic mass is 9.95. The van der Waals surface area contributed by atoms with Gasteiger partial charge in [0, 0.05) is 42.2 Å². The van der Waals surface area contributed by atoms with Crippen LogP contribution in [0, 0.1) is 0 Å². The number of nitrogens with two attached hydrogens (primary N) is 1. The average molecular weight is 390 g/mol. The fourth-order valence-electron chi connectivity index (χ4n) is 3.43. The van der Waals surface area contributed by atoms with Gasteiger partial charge in [0.25, 0.3) is 0 Å². The van der Waals surface area contributed by atoms with Crippen molar-refractivity contribution in [1.29, 1.82) is 0 Å². The Morgan fingerprint density at radius 1 is 1.08 bits per heavy atom. The van der Waals surface area contributed by atoms with Gasteiger partial charge in [-0.15, -0.1) is 12.4 Å². The van der Waals surface area contributed by atoms with E-state index in [1.165, 1.54) is 5.56 Å². The van der Waals surface area contributed by atoms with E-state index < -0.39 is 0 Å². The summed E-state index contributed by atoms with van der Waals surface area (Å²) >= 11 is 5.93. The molecule has 0 spiro atoms. The third-order valence-corrected chi connectivity index (χ3v) is 4.95. The molecule has 26 heavy (non-hydrogen) atoms. The second kappa shape index (κ2) is 8.23. The fourth-order valence-corrected chi connectivity index (χ4v) is 3.56. The molecule has 2 N–H and O–H groups in total. The Morgan fingerprint density at radius 2 is 1.81 bits per heavy atom. The Kier molecular flexibility index (Phi) is 5.99. The molecule has 4 rings (SSSR count). The first kappa shape index (κ1) is 18.9. The third-order valence-electron chi connectivity index (χ3n) is 4.70. The number of halogens is 2. The number of hydrogen-bond acceptors (Lipinski definition) is 4. The summed E-state index contributed by atoms with van der Waals surface area (Å²) in [5.41, 5.74) is 9.52. The van der Waals surface area contributed by atoms with E-state index in [-0.39, 0.29) is 18.4 Å². The molecule has 0 saturated carbocycles. The molecule has 0 bridgehead atoms. The average Bonchev–Trinajstić information content (AvgIpc) is 3.23. The number of rotatable bonds is 4. The van der Waals surface area contributed by atoms with Crippen molar-refractivity contribution < 1.29 is 4.42 Å². The molecule has 6 heteroatoms. The minimum Gasteiger partial charge on any atom is -0.444 e. The van der Waals surface area contributed by atoms with Crippen molar-refractivity contribution >= 4 is 24.0 Å². The van der Waals surface area contributed by atoms with E-state index >= 15 is 0 Å². The van der Waals surface area contributed by atoms with Crippen LogP contribution in [0.15, 0.2) is 65.3 Å². The zero-order valence-corrected chi connectivity index (χ0v) is 15.8. The summed E-state index contributed by atoms with van der Waals surface area (Å²) in [4.78, 5) is 6.94. The van der Waals surface area contributed by atoms with E-state index in [0.29, 0.717) is 16.8 Å².